The standard InChI is InChI=1S/C9H6BrF3S/c10-6-5-7-1-3-8(4-2-7)14-9(11,12)13/h1-6H/b6-5+. The molecule has 0 aliphatic heterocycles. The summed E-state index contributed by atoms with van der Waals surface area (Å²) in [6.45, 7) is 0. The van der Waals surface area contributed by atoms with E-state index in [0.29, 0.717) is 0 Å². The van der Waals surface area contributed by atoms with Crippen molar-refractivity contribution in [3.05, 3.63) is 34.8 Å². The lowest BCUT2D eigenvalue weighted by atomic mass is 10.2. The summed E-state index contributed by atoms with van der Waals surface area (Å²) >= 11 is 2.98. The van der Waals surface area contributed by atoms with Crippen molar-refractivity contribution < 1.29 is 13.2 Å². The van der Waals surface area contributed by atoms with E-state index in [9.17, 15) is 13.2 Å². The van der Waals surface area contributed by atoms with Crippen molar-refractivity contribution in [2.45, 2.75) is 10.4 Å². The summed E-state index contributed by atoms with van der Waals surface area (Å²) in [5.41, 5.74) is -3.36. The summed E-state index contributed by atoms with van der Waals surface area (Å²) in [6.07, 6.45) is 1.75. The molecule has 1 aromatic carbocycles. The average molecular weight is 283 g/mol. The molecule has 76 valence electrons. The molecule has 0 atom stereocenters. The van der Waals surface area contributed by atoms with Crippen molar-refractivity contribution in [1.29, 1.82) is 0 Å². The van der Waals surface area contributed by atoms with Gasteiger partial charge in [0.1, 0.15) is 0 Å². The molecule has 1 rings (SSSR count). The largest absolute Gasteiger partial charge is 0.446 e. The van der Waals surface area contributed by atoms with E-state index in [4.69, 9.17) is 0 Å². The van der Waals surface area contributed by atoms with E-state index < -0.39 is 5.51 Å². The van der Waals surface area contributed by atoms with Crippen molar-refractivity contribution >= 4 is 33.8 Å². The van der Waals surface area contributed by atoms with E-state index in [-0.39, 0.29) is 16.7 Å². The Labute approximate surface area is 92.3 Å². The normalized spacial score (nSPS) is 12.3. The van der Waals surface area contributed by atoms with Gasteiger partial charge in [-0.2, -0.15) is 13.2 Å². The molecule has 14 heavy (non-hydrogen) atoms. The van der Waals surface area contributed by atoms with Gasteiger partial charge in [0.2, 0.25) is 0 Å². The van der Waals surface area contributed by atoms with Gasteiger partial charge in [0.15, 0.2) is 0 Å². The van der Waals surface area contributed by atoms with Crippen LogP contribution in [0, 0.1) is 0 Å². The number of alkyl halides is 3. The van der Waals surface area contributed by atoms with E-state index >= 15 is 0 Å². The predicted octanol–water partition coefficient (Wildman–Crippen LogP) is 4.66. The molecule has 0 nitrogen and oxygen atoms in total. The third kappa shape index (κ3) is 4.19. The van der Waals surface area contributed by atoms with Gasteiger partial charge >= 0.3 is 5.51 Å². The highest BCUT2D eigenvalue weighted by molar-refractivity contribution is 9.11. The quantitative estimate of drug-likeness (QED) is 0.711. The molecule has 0 saturated carbocycles. The van der Waals surface area contributed by atoms with Gasteiger partial charge in [-0.3, -0.25) is 0 Å². The third-order valence-electron chi connectivity index (χ3n) is 1.37. The Kier molecular flexibility index (Phi) is 4.07. The van der Waals surface area contributed by atoms with Gasteiger partial charge in [0.05, 0.1) is 0 Å². The first kappa shape index (κ1) is 11.7. The van der Waals surface area contributed by atoms with Crippen LogP contribution in [0.25, 0.3) is 6.08 Å². The fraction of sp³-hybridized carbons (Fsp3) is 0.111. The summed E-state index contributed by atoms with van der Waals surface area (Å²) < 4.78 is 35.8. The van der Waals surface area contributed by atoms with Crippen LogP contribution in [0.2, 0.25) is 0 Å². The van der Waals surface area contributed by atoms with Crippen LogP contribution >= 0.6 is 27.7 Å². The fourth-order valence-corrected chi connectivity index (χ4v) is 1.70. The molecule has 0 saturated heterocycles. The molecule has 0 bridgehead atoms. The smallest absolute Gasteiger partial charge is 0.160 e. The maximum atomic E-state index is 11.9. The fourth-order valence-electron chi connectivity index (χ4n) is 0.853. The molecule has 0 unspecified atom stereocenters. The molecule has 0 amide bonds. The zero-order chi connectivity index (χ0) is 10.6. The zero-order valence-electron chi connectivity index (χ0n) is 6.88. The number of benzene rings is 1. The van der Waals surface area contributed by atoms with Crippen LogP contribution in [0.4, 0.5) is 13.2 Å². The van der Waals surface area contributed by atoms with Crippen LogP contribution in [-0.4, -0.2) is 5.51 Å². The van der Waals surface area contributed by atoms with Crippen LogP contribution in [-0.2, 0) is 0 Å². The molecule has 5 heteroatoms. The van der Waals surface area contributed by atoms with E-state index in [0.717, 1.165) is 5.56 Å². The topological polar surface area (TPSA) is 0 Å². The van der Waals surface area contributed by atoms with Gasteiger partial charge in [-0.1, -0.05) is 28.1 Å². The SMILES string of the molecule is FC(F)(F)Sc1ccc(/C=C/Br)cc1. The molecule has 0 heterocycles. The van der Waals surface area contributed by atoms with Crippen LogP contribution in [0.5, 0.6) is 0 Å². The highest BCUT2D eigenvalue weighted by atomic mass is 79.9. The lowest BCUT2D eigenvalue weighted by molar-refractivity contribution is -0.0328. The monoisotopic (exact) mass is 282 g/mol. The number of halogens is 4. The van der Waals surface area contributed by atoms with E-state index in [2.05, 4.69) is 15.9 Å². The third-order valence-corrected chi connectivity index (χ3v) is 2.37. The van der Waals surface area contributed by atoms with Gasteiger partial charge in [0.25, 0.3) is 0 Å². The summed E-state index contributed by atoms with van der Waals surface area (Å²) in [4.78, 5) is 1.85. The van der Waals surface area contributed by atoms with Gasteiger partial charge in [-0.05, 0) is 40.5 Å². The van der Waals surface area contributed by atoms with Crippen molar-refractivity contribution in [2.24, 2.45) is 0 Å². The molecule has 0 aliphatic carbocycles. The maximum Gasteiger partial charge on any atom is 0.446 e. The highest BCUT2D eigenvalue weighted by Gasteiger charge is 2.28. The van der Waals surface area contributed by atoms with Crippen LogP contribution < -0.4 is 0 Å². The predicted molar refractivity (Wildman–Crippen MR) is 56.3 cm³/mol. The first-order valence-corrected chi connectivity index (χ1v) is 5.37. The Hall–Kier alpha value is -0.420. The Morgan fingerprint density at radius 3 is 2.14 bits per heavy atom. The summed E-state index contributed by atoms with van der Waals surface area (Å²) in [7, 11) is 0. The van der Waals surface area contributed by atoms with Gasteiger partial charge in [-0.15, -0.1) is 0 Å². The molecule has 0 fully saturated rings. The molecule has 0 radical (unpaired) electrons. The Morgan fingerprint density at radius 2 is 1.71 bits per heavy atom. The van der Waals surface area contributed by atoms with E-state index in [1.165, 1.54) is 12.1 Å². The number of rotatable bonds is 2. The molecular weight excluding hydrogens is 277 g/mol. The van der Waals surface area contributed by atoms with Gasteiger partial charge in [-0.25, -0.2) is 0 Å². The minimum Gasteiger partial charge on any atom is -0.160 e. The van der Waals surface area contributed by atoms with Crippen LogP contribution in [0.15, 0.2) is 34.1 Å². The van der Waals surface area contributed by atoms with Crippen molar-refractivity contribution in [1.82, 2.24) is 0 Å². The second-order valence-corrected chi connectivity index (χ2v) is 4.08. The molecule has 0 aliphatic rings. The average Bonchev–Trinajstić information content (AvgIpc) is 2.06. The van der Waals surface area contributed by atoms with Crippen LogP contribution in [0.1, 0.15) is 5.56 Å². The highest BCUT2D eigenvalue weighted by Crippen LogP contribution is 2.36. The number of hydrogen-bond donors (Lipinski definition) is 0. The minimum absolute atomic E-state index is 0.108. The lowest BCUT2D eigenvalue weighted by Crippen LogP contribution is -1.98. The second kappa shape index (κ2) is 4.89. The Morgan fingerprint density at radius 1 is 1.14 bits per heavy atom. The summed E-state index contributed by atoms with van der Waals surface area (Å²) in [6, 6.07) is 6.15. The molecule has 0 N–H and O–H groups in total. The second-order valence-electron chi connectivity index (χ2n) is 2.41. The first-order chi connectivity index (χ1) is 6.51. The summed E-state index contributed by atoms with van der Waals surface area (Å²) in [5, 5.41) is 0. The van der Waals surface area contributed by atoms with Gasteiger partial charge < -0.3 is 0 Å². The summed E-state index contributed by atoms with van der Waals surface area (Å²) in [5.74, 6) is 0. The van der Waals surface area contributed by atoms with E-state index in [1.54, 1.807) is 23.2 Å². The van der Waals surface area contributed by atoms with Crippen molar-refractivity contribution in [3.8, 4) is 0 Å². The Bertz CT molecular complexity index is 316. The minimum atomic E-state index is -4.22. The zero-order valence-corrected chi connectivity index (χ0v) is 9.29. The van der Waals surface area contributed by atoms with Crippen LogP contribution in [0.3, 0.4) is 0 Å². The maximum absolute atomic E-state index is 11.9. The first-order valence-electron chi connectivity index (χ1n) is 3.64. The van der Waals surface area contributed by atoms with Crippen molar-refractivity contribution in [2.75, 3.05) is 0 Å². The molecule has 0 spiro atoms. The Balaban J connectivity index is 2.74. The molecular formula is C9H6BrF3S. The van der Waals surface area contributed by atoms with Gasteiger partial charge in [0, 0.05) is 4.90 Å². The van der Waals surface area contributed by atoms with Crippen molar-refractivity contribution in [3.63, 3.8) is 0 Å². The lowest BCUT2D eigenvalue weighted by Gasteiger charge is -2.04. The number of thioether (sulfide) groups is 1. The molecule has 1 aromatic rings. The molecule has 0 aromatic heterocycles. The van der Waals surface area contributed by atoms with E-state index in [1.807, 2.05) is 0 Å². The number of hydrogen-bond acceptors (Lipinski definition) is 1.